The summed E-state index contributed by atoms with van der Waals surface area (Å²) in [7, 11) is 0. The van der Waals surface area contributed by atoms with E-state index < -0.39 is 5.60 Å². The van der Waals surface area contributed by atoms with E-state index in [0.29, 0.717) is 6.04 Å². The van der Waals surface area contributed by atoms with E-state index in [0.717, 1.165) is 19.6 Å². The van der Waals surface area contributed by atoms with E-state index in [1.54, 1.807) is 0 Å². The highest BCUT2D eigenvalue weighted by Gasteiger charge is 2.57. The smallest absolute Gasteiger partial charge is 0.410 e. The fraction of sp³-hybridized carbons (Fsp3) is 0.450. The number of ether oxygens (including phenoxy) is 1. The van der Waals surface area contributed by atoms with Gasteiger partial charge in [-0.25, -0.2) is 4.79 Å². The molecule has 2 saturated heterocycles. The van der Waals surface area contributed by atoms with Gasteiger partial charge in [-0.05, 0) is 37.1 Å². The lowest BCUT2D eigenvalue weighted by Crippen LogP contribution is -2.73. The summed E-state index contributed by atoms with van der Waals surface area (Å²) in [4.78, 5) is 14.0. The predicted octanol–water partition coefficient (Wildman–Crippen LogP) is 3.72. The number of hydrogen-bond acceptors (Lipinski definition) is 3. The van der Waals surface area contributed by atoms with Crippen molar-refractivity contribution in [3.05, 3.63) is 48.0 Å². The molecule has 24 heavy (non-hydrogen) atoms. The standard InChI is InChI=1S/C20H24N2O2/c1-19(2,3)24-18(23)22-12-20(13-22)11-21-17(20)16-10-6-8-14-7-4-5-9-15(14)16/h4-10,17,21H,11-13H2,1-3H3/t17-/m0/s1. The molecule has 1 N–H and O–H groups in total. The number of nitrogens with zero attached hydrogens (tertiary/aromatic N) is 1. The first-order valence-corrected chi connectivity index (χ1v) is 8.57. The number of carbonyl (C=O) groups is 1. The van der Waals surface area contributed by atoms with Crippen molar-refractivity contribution in [3.63, 3.8) is 0 Å². The van der Waals surface area contributed by atoms with Crippen molar-refractivity contribution < 1.29 is 9.53 Å². The van der Waals surface area contributed by atoms with E-state index >= 15 is 0 Å². The zero-order valence-corrected chi connectivity index (χ0v) is 14.5. The Morgan fingerprint density at radius 2 is 1.88 bits per heavy atom. The lowest BCUT2D eigenvalue weighted by atomic mass is 9.65. The molecule has 4 heteroatoms. The average Bonchev–Trinajstić information content (AvgIpc) is 2.43. The summed E-state index contributed by atoms with van der Waals surface area (Å²) in [5.41, 5.74) is 1.05. The van der Waals surface area contributed by atoms with Gasteiger partial charge in [-0.2, -0.15) is 0 Å². The lowest BCUT2D eigenvalue weighted by Gasteiger charge is -2.60. The summed E-state index contributed by atoms with van der Waals surface area (Å²) < 4.78 is 5.48. The second-order valence-corrected chi connectivity index (χ2v) is 8.08. The van der Waals surface area contributed by atoms with Gasteiger partial charge in [0.05, 0.1) is 0 Å². The van der Waals surface area contributed by atoms with Crippen molar-refractivity contribution in [1.82, 2.24) is 10.2 Å². The molecule has 2 aromatic carbocycles. The Labute approximate surface area is 142 Å². The highest BCUT2D eigenvalue weighted by molar-refractivity contribution is 5.86. The van der Waals surface area contributed by atoms with Crippen LogP contribution in [0.15, 0.2) is 42.5 Å². The van der Waals surface area contributed by atoms with Crippen LogP contribution >= 0.6 is 0 Å². The van der Waals surface area contributed by atoms with Crippen LogP contribution in [0.5, 0.6) is 0 Å². The SMILES string of the molecule is CC(C)(C)OC(=O)N1CC2(CN[C@H]2c2cccc3ccccc23)C1. The van der Waals surface area contributed by atoms with Crippen molar-refractivity contribution >= 4 is 16.9 Å². The van der Waals surface area contributed by atoms with E-state index in [2.05, 4.69) is 47.8 Å². The van der Waals surface area contributed by atoms with Gasteiger partial charge in [0.1, 0.15) is 5.60 Å². The first-order valence-electron chi connectivity index (χ1n) is 8.57. The molecule has 1 atom stereocenters. The van der Waals surface area contributed by atoms with Crippen LogP contribution in [0.4, 0.5) is 4.79 Å². The van der Waals surface area contributed by atoms with E-state index in [4.69, 9.17) is 4.74 Å². The maximum absolute atomic E-state index is 12.2. The molecular formula is C20H24N2O2. The van der Waals surface area contributed by atoms with Crippen LogP contribution in [-0.4, -0.2) is 36.2 Å². The Kier molecular flexibility index (Phi) is 3.36. The van der Waals surface area contributed by atoms with E-state index in [1.807, 2.05) is 25.7 Å². The molecule has 4 nitrogen and oxygen atoms in total. The van der Waals surface area contributed by atoms with Gasteiger partial charge in [0.15, 0.2) is 0 Å². The Bertz CT molecular complexity index is 782. The third-order valence-corrected chi connectivity index (χ3v) is 5.07. The number of benzene rings is 2. The van der Waals surface area contributed by atoms with Gasteiger partial charge in [0.25, 0.3) is 0 Å². The van der Waals surface area contributed by atoms with Gasteiger partial charge in [-0.15, -0.1) is 0 Å². The monoisotopic (exact) mass is 324 g/mol. The maximum atomic E-state index is 12.2. The number of fused-ring (bicyclic) bond motifs is 1. The van der Waals surface area contributed by atoms with Gasteiger partial charge in [0, 0.05) is 31.1 Å². The highest BCUT2D eigenvalue weighted by Crippen LogP contribution is 2.49. The van der Waals surface area contributed by atoms with Gasteiger partial charge in [0.2, 0.25) is 0 Å². The molecule has 0 aromatic heterocycles. The van der Waals surface area contributed by atoms with Crippen LogP contribution in [0, 0.1) is 5.41 Å². The fourth-order valence-electron chi connectivity index (χ4n) is 3.90. The molecule has 2 aromatic rings. The summed E-state index contributed by atoms with van der Waals surface area (Å²) in [6.07, 6.45) is -0.198. The van der Waals surface area contributed by atoms with Crippen LogP contribution in [0.1, 0.15) is 32.4 Å². The molecule has 0 unspecified atom stereocenters. The van der Waals surface area contributed by atoms with Crippen molar-refractivity contribution in [2.45, 2.75) is 32.4 Å². The molecule has 1 amide bonds. The Morgan fingerprint density at radius 1 is 1.17 bits per heavy atom. The normalized spacial score (nSPS) is 22.1. The zero-order chi connectivity index (χ0) is 16.9. The van der Waals surface area contributed by atoms with Crippen LogP contribution in [0.3, 0.4) is 0 Å². The number of hydrogen-bond donors (Lipinski definition) is 1. The summed E-state index contributed by atoms with van der Waals surface area (Å²) in [5.74, 6) is 0. The minimum atomic E-state index is -0.438. The molecule has 2 fully saturated rings. The topological polar surface area (TPSA) is 41.6 Å². The Morgan fingerprint density at radius 3 is 2.54 bits per heavy atom. The third-order valence-electron chi connectivity index (χ3n) is 5.07. The summed E-state index contributed by atoms with van der Waals surface area (Å²) >= 11 is 0. The molecule has 2 aliphatic heterocycles. The van der Waals surface area contributed by atoms with Gasteiger partial charge < -0.3 is 15.0 Å². The lowest BCUT2D eigenvalue weighted by molar-refractivity contribution is -0.0851. The molecule has 126 valence electrons. The van der Waals surface area contributed by atoms with Crippen LogP contribution in [-0.2, 0) is 4.74 Å². The molecular weight excluding hydrogens is 300 g/mol. The van der Waals surface area contributed by atoms with E-state index in [9.17, 15) is 4.79 Å². The summed E-state index contributed by atoms with van der Waals surface area (Å²) in [6, 6.07) is 15.3. The molecule has 0 aliphatic carbocycles. The Hall–Kier alpha value is -2.07. The van der Waals surface area contributed by atoms with Crippen molar-refractivity contribution in [2.75, 3.05) is 19.6 Å². The first kappa shape index (κ1) is 15.5. The molecule has 2 aliphatic rings. The Balaban J connectivity index is 1.52. The number of amides is 1. The number of likely N-dealkylation sites (tertiary alicyclic amines) is 1. The van der Waals surface area contributed by atoms with Crippen LogP contribution in [0.25, 0.3) is 10.8 Å². The molecule has 1 spiro atoms. The number of carbonyl (C=O) groups excluding carboxylic acids is 1. The largest absolute Gasteiger partial charge is 0.444 e. The van der Waals surface area contributed by atoms with Gasteiger partial charge >= 0.3 is 6.09 Å². The average molecular weight is 324 g/mol. The molecule has 2 heterocycles. The molecule has 0 bridgehead atoms. The zero-order valence-electron chi connectivity index (χ0n) is 14.5. The quantitative estimate of drug-likeness (QED) is 0.869. The summed E-state index contributed by atoms with van der Waals surface area (Å²) in [5, 5.41) is 6.14. The number of nitrogens with one attached hydrogen (secondary N) is 1. The third kappa shape index (κ3) is 2.46. The predicted molar refractivity (Wildman–Crippen MR) is 94.9 cm³/mol. The second kappa shape index (κ2) is 5.21. The first-order chi connectivity index (χ1) is 11.4. The molecule has 4 rings (SSSR count). The van der Waals surface area contributed by atoms with Crippen LogP contribution < -0.4 is 5.32 Å². The minimum Gasteiger partial charge on any atom is -0.444 e. The van der Waals surface area contributed by atoms with E-state index in [-0.39, 0.29) is 11.5 Å². The number of rotatable bonds is 1. The van der Waals surface area contributed by atoms with Crippen LogP contribution in [0.2, 0.25) is 0 Å². The van der Waals surface area contributed by atoms with Crippen molar-refractivity contribution in [3.8, 4) is 0 Å². The van der Waals surface area contributed by atoms with Crippen molar-refractivity contribution in [1.29, 1.82) is 0 Å². The maximum Gasteiger partial charge on any atom is 0.410 e. The molecule has 0 radical (unpaired) electrons. The summed E-state index contributed by atoms with van der Waals surface area (Å²) in [6.45, 7) is 8.21. The molecule has 0 saturated carbocycles. The fourth-order valence-corrected chi connectivity index (χ4v) is 3.90. The van der Waals surface area contributed by atoms with Crippen molar-refractivity contribution in [2.24, 2.45) is 5.41 Å². The van der Waals surface area contributed by atoms with E-state index in [1.165, 1.54) is 16.3 Å². The van der Waals surface area contributed by atoms with Gasteiger partial charge in [-0.3, -0.25) is 0 Å². The highest BCUT2D eigenvalue weighted by atomic mass is 16.6. The minimum absolute atomic E-state index is 0.154. The van der Waals surface area contributed by atoms with Gasteiger partial charge in [-0.1, -0.05) is 42.5 Å². The second-order valence-electron chi connectivity index (χ2n) is 8.08.